The number of rotatable bonds is 57. The number of carbonyl (C=O) groups is 11. The molecule has 0 aromatic carbocycles. The van der Waals surface area contributed by atoms with Gasteiger partial charge in [0.1, 0.15) is 116 Å². The molecule has 728 valence electrons. The maximum absolute atomic E-state index is 14.2. The van der Waals surface area contributed by atoms with Crippen molar-refractivity contribution in [2.45, 2.75) is 266 Å². The molecular weight excluding hydrogens is 1680 g/mol. The number of hydrogen-bond donors (Lipinski definition) is 23. The van der Waals surface area contributed by atoms with Crippen molar-refractivity contribution in [1.29, 1.82) is 0 Å². The predicted octanol–water partition coefficient (Wildman–Crippen LogP) is -6.94. The number of nitrogens with one attached hydrogen (secondary N) is 10. The molecule has 48 nitrogen and oxygen atoms in total. The van der Waals surface area contributed by atoms with Gasteiger partial charge < -0.3 is 186 Å². The summed E-state index contributed by atoms with van der Waals surface area (Å²) in [5.74, 6) is -4.44. The van der Waals surface area contributed by atoms with Gasteiger partial charge in [-0.3, -0.25) is 33.6 Å². The van der Waals surface area contributed by atoms with Gasteiger partial charge in [-0.15, -0.1) is 0 Å². The quantitative estimate of drug-likeness (QED) is 0.0199. The molecule has 14 unspecified atom stereocenters. The molecule has 23 N–H and O–H groups in total. The predicted molar refractivity (Wildman–Crippen MR) is 433 cm³/mol. The standard InChI is InChI=1S/C78H139N11O37/c1-46(93)85-55-59(100)51(98)36-50(97)39-119-66(55)115-32-16-8-12-23-81-72(109)121-41-76(5,43-123-74(111)83-25-14-10-18-34-117-68-56(86-47(2)94)62(103)60(101)53(37-91)125-68)70(107)79-27-20-29-89(65(106)52(99)40-114-7)30-21-28-80-71(108)77(6,44-124-75(112)84-26-15-11-19-35-118-69-57(87-48(3)95)63(104)61(102)54(38-92)126-69)42-122-73(110)82-24-13-9-17-33-116-67-58(88-49(4)96)64(105)78(113,22-31-90)45-120-67/h50-64,66-69,90-92,97-105,113H,8-45H2,1-7H3,(H,79,107)(H,80,108)(H,81,109)(H,82,110)(H,83,111)(H,84,112)(H,85,93)(H,86,94)(H,87,95)(H,88,96)/t50?,51-,52?,53?,54?,55?,56?,57?,58?,59?,60-,61-,62?,63?,64?,66+,67+,68+,69+,76?,77?,78+/m0/s1. The number of aliphatic hydroxyl groups is 13. The summed E-state index contributed by atoms with van der Waals surface area (Å²) < 4.78 is 72.6. The molecule has 48 heteroatoms. The summed E-state index contributed by atoms with van der Waals surface area (Å²) >= 11 is 0. The van der Waals surface area contributed by atoms with E-state index in [1.807, 2.05) is 0 Å². The van der Waals surface area contributed by atoms with Crippen molar-refractivity contribution in [3.63, 3.8) is 0 Å². The van der Waals surface area contributed by atoms with Crippen LogP contribution < -0.4 is 53.2 Å². The number of carbonyl (C=O) groups excluding carboxylic acids is 11. The summed E-state index contributed by atoms with van der Waals surface area (Å²) in [6, 6.07) is -4.61. The molecule has 0 aromatic heterocycles. The Labute approximate surface area is 731 Å². The van der Waals surface area contributed by atoms with E-state index in [1.54, 1.807) is 0 Å². The highest BCUT2D eigenvalue weighted by Gasteiger charge is 2.51. The van der Waals surface area contributed by atoms with Crippen LogP contribution in [0.5, 0.6) is 0 Å². The van der Waals surface area contributed by atoms with Gasteiger partial charge in [-0.1, -0.05) is 0 Å². The van der Waals surface area contributed by atoms with E-state index in [4.69, 9.17) is 61.6 Å². The first-order valence-corrected chi connectivity index (χ1v) is 42.6. The third-order valence-corrected chi connectivity index (χ3v) is 20.9. The van der Waals surface area contributed by atoms with Gasteiger partial charge >= 0.3 is 24.4 Å². The topological polar surface area (TPSA) is 694 Å². The maximum Gasteiger partial charge on any atom is 0.407 e. The van der Waals surface area contributed by atoms with Crippen LogP contribution in [0.3, 0.4) is 0 Å². The van der Waals surface area contributed by atoms with E-state index in [-0.39, 0.29) is 118 Å². The van der Waals surface area contributed by atoms with Crippen molar-refractivity contribution in [1.82, 2.24) is 58.1 Å². The minimum Gasteiger partial charge on any atom is -0.448 e. The lowest BCUT2D eigenvalue weighted by molar-refractivity contribution is -0.270. The highest BCUT2D eigenvalue weighted by atomic mass is 16.7. The molecule has 4 aliphatic heterocycles. The Morgan fingerprint density at radius 3 is 1.13 bits per heavy atom. The van der Waals surface area contributed by atoms with Gasteiger partial charge in [0.2, 0.25) is 35.4 Å². The van der Waals surface area contributed by atoms with Crippen LogP contribution in [0, 0.1) is 10.8 Å². The molecule has 0 aromatic rings. The van der Waals surface area contributed by atoms with Crippen LogP contribution in [0.25, 0.3) is 0 Å². The Morgan fingerprint density at radius 2 is 0.786 bits per heavy atom. The van der Waals surface area contributed by atoms with Crippen molar-refractivity contribution in [2.75, 3.05) is 152 Å². The van der Waals surface area contributed by atoms with Gasteiger partial charge in [0, 0.05) is 133 Å². The van der Waals surface area contributed by atoms with Crippen molar-refractivity contribution in [3.8, 4) is 0 Å². The van der Waals surface area contributed by atoms with Crippen LogP contribution in [-0.2, 0) is 95.1 Å². The molecule has 0 saturated carbocycles. The lowest BCUT2D eigenvalue weighted by atomic mass is 9.86. The highest BCUT2D eigenvalue weighted by molar-refractivity contribution is 5.84. The average Bonchev–Trinajstić information content (AvgIpc) is 0.793. The van der Waals surface area contributed by atoms with Crippen molar-refractivity contribution in [3.05, 3.63) is 0 Å². The van der Waals surface area contributed by atoms with Crippen LogP contribution in [0.1, 0.15) is 144 Å². The van der Waals surface area contributed by atoms with E-state index in [2.05, 4.69) is 53.2 Å². The molecule has 11 amide bonds. The minimum absolute atomic E-state index is 0.0265. The molecule has 4 aliphatic rings. The van der Waals surface area contributed by atoms with E-state index in [0.717, 1.165) is 0 Å². The normalized spacial score (nSPS) is 27.3. The molecule has 0 aliphatic carbocycles. The first-order chi connectivity index (χ1) is 59.9. The van der Waals surface area contributed by atoms with Gasteiger partial charge in [0.05, 0.1) is 45.2 Å². The monoisotopic (exact) mass is 1820 g/mol. The Morgan fingerprint density at radius 1 is 0.444 bits per heavy atom. The van der Waals surface area contributed by atoms with Gasteiger partial charge in [-0.25, -0.2) is 19.2 Å². The van der Waals surface area contributed by atoms with E-state index in [0.29, 0.717) is 77.0 Å². The third-order valence-electron chi connectivity index (χ3n) is 20.9. The molecule has 4 saturated heterocycles. The third kappa shape index (κ3) is 39.4. The first-order valence-electron chi connectivity index (χ1n) is 42.6. The van der Waals surface area contributed by atoms with Crippen LogP contribution in [0.15, 0.2) is 0 Å². The second-order valence-corrected chi connectivity index (χ2v) is 32.0. The lowest BCUT2D eigenvalue weighted by Gasteiger charge is -2.45. The number of ether oxygens (including phenoxy) is 13. The van der Waals surface area contributed by atoms with Gasteiger partial charge in [0.25, 0.3) is 5.91 Å². The summed E-state index contributed by atoms with van der Waals surface area (Å²) in [7, 11) is 1.26. The molecule has 0 radical (unpaired) electrons. The van der Waals surface area contributed by atoms with Crippen molar-refractivity contribution >= 4 is 65.7 Å². The maximum atomic E-state index is 14.2. The molecule has 22 atom stereocenters. The van der Waals surface area contributed by atoms with Crippen LogP contribution in [-0.4, -0.2) is 411 Å². The summed E-state index contributed by atoms with van der Waals surface area (Å²) in [5.41, 5.74) is -5.38. The first kappa shape index (κ1) is 111. The van der Waals surface area contributed by atoms with Crippen LogP contribution in [0.2, 0.25) is 0 Å². The Balaban J connectivity index is 1.38. The van der Waals surface area contributed by atoms with E-state index >= 15 is 0 Å². The Bertz CT molecular complexity index is 3250. The number of unbranched alkanes of at least 4 members (excludes halogenated alkanes) is 8. The fraction of sp³-hybridized carbons (Fsp3) is 0.859. The zero-order valence-electron chi connectivity index (χ0n) is 72.9. The smallest absolute Gasteiger partial charge is 0.407 e. The number of nitrogens with zero attached hydrogens (tertiary/aromatic N) is 1. The van der Waals surface area contributed by atoms with Crippen molar-refractivity contribution in [2.24, 2.45) is 10.8 Å². The summed E-state index contributed by atoms with van der Waals surface area (Å²) in [4.78, 5) is 144. The molecule has 4 rings (SSSR count). The fourth-order valence-corrected chi connectivity index (χ4v) is 13.6. The van der Waals surface area contributed by atoms with Gasteiger partial charge in [-0.2, -0.15) is 0 Å². The largest absolute Gasteiger partial charge is 0.448 e. The Hall–Kier alpha value is -7.51. The van der Waals surface area contributed by atoms with E-state index in [9.17, 15) is 119 Å². The van der Waals surface area contributed by atoms with E-state index < -0.39 is 251 Å². The average molecular weight is 1820 g/mol. The lowest BCUT2D eigenvalue weighted by Crippen LogP contribution is -2.66. The second-order valence-electron chi connectivity index (χ2n) is 32.0. The van der Waals surface area contributed by atoms with Gasteiger partial charge in [-0.05, 0) is 104 Å². The van der Waals surface area contributed by atoms with E-state index in [1.165, 1.54) is 53.6 Å². The SMILES string of the molecule is COCC(O)C(=O)N(CCCNC(=O)C(C)(COC(=O)NCCCCCO[C@@H]1OC(CO)[C@H](O)C(O)C1NC(C)=O)COC(=O)NCCCCCO[C@@H]1OCC(O)C[C@H](O)C(O)C1NC(C)=O)CCCNC(=O)C(C)(COC(=O)NCCCCCO[C@@H]1OC(CO)[C@H](O)C(O)C1NC(C)=O)COC(=O)NCCCCCO[C@@H]1OC[C@](O)(CCO)C(O)C1NC(C)=O. The number of methoxy groups -OCH3 is 1. The molecular formula is C78H139N11O37. The Kier molecular flexibility index (Phi) is 51.8. The zero-order valence-corrected chi connectivity index (χ0v) is 72.9. The summed E-state index contributed by atoms with van der Waals surface area (Å²) in [6.07, 6.45) is -19.6. The minimum atomic E-state index is -1.84. The molecule has 0 bridgehead atoms. The number of aliphatic hydroxyl groups excluding tert-OH is 12. The number of hydrogen-bond acceptors (Lipinski definition) is 37. The second kappa shape index (κ2) is 58.9. The zero-order chi connectivity index (χ0) is 93.5. The van der Waals surface area contributed by atoms with Crippen LogP contribution >= 0.6 is 0 Å². The highest BCUT2D eigenvalue weighted by Crippen LogP contribution is 2.30. The molecule has 4 fully saturated rings. The molecule has 0 spiro atoms. The molecule has 126 heavy (non-hydrogen) atoms. The summed E-state index contributed by atoms with van der Waals surface area (Å²) in [6.45, 7) is 2.17. The fourth-order valence-electron chi connectivity index (χ4n) is 13.6. The summed E-state index contributed by atoms with van der Waals surface area (Å²) in [5, 5.41) is 160. The van der Waals surface area contributed by atoms with Crippen molar-refractivity contribution < 1.29 is 181 Å². The van der Waals surface area contributed by atoms with Crippen LogP contribution in [0.4, 0.5) is 19.2 Å². The molecule has 4 heterocycles. The van der Waals surface area contributed by atoms with Gasteiger partial charge in [0.15, 0.2) is 31.3 Å². The number of alkyl carbamates (subject to hydrolysis) is 4. The number of amides is 11.